The lowest BCUT2D eigenvalue weighted by Crippen LogP contribution is -2.51. The second-order valence-electron chi connectivity index (χ2n) is 10.2. The van der Waals surface area contributed by atoms with E-state index in [1.807, 2.05) is 36.1 Å². The molecular formula is C28H35F3N6O3. The summed E-state index contributed by atoms with van der Waals surface area (Å²) < 4.78 is 38.6. The second kappa shape index (κ2) is 13.1. The molecule has 0 unspecified atom stereocenters. The number of hydrogen-bond acceptors (Lipinski definition) is 5. The zero-order valence-electron chi connectivity index (χ0n) is 22.5. The maximum Gasteiger partial charge on any atom is 0.416 e. The fourth-order valence-corrected chi connectivity index (χ4v) is 4.83. The number of urea groups is 1. The molecule has 40 heavy (non-hydrogen) atoms. The van der Waals surface area contributed by atoms with Crippen molar-refractivity contribution in [3.63, 3.8) is 0 Å². The van der Waals surface area contributed by atoms with E-state index >= 15 is 0 Å². The number of carbonyl (C=O) groups excluding carboxylic acids is 3. The van der Waals surface area contributed by atoms with Crippen LogP contribution in [0.2, 0.25) is 0 Å². The minimum Gasteiger partial charge on any atom is -0.350 e. The number of benzene rings is 2. The van der Waals surface area contributed by atoms with Crippen molar-refractivity contribution in [2.24, 2.45) is 0 Å². The number of nitrogens with one attached hydrogen (secondary N) is 3. The first kappa shape index (κ1) is 29.3. The predicted octanol–water partition coefficient (Wildman–Crippen LogP) is 2.78. The Hall–Kier alpha value is -3.64. The molecule has 2 aromatic rings. The van der Waals surface area contributed by atoms with E-state index in [0.29, 0.717) is 19.6 Å². The maximum atomic E-state index is 12.9. The molecular weight excluding hydrogens is 525 g/mol. The third-order valence-electron chi connectivity index (χ3n) is 7.19. The molecule has 0 aromatic heterocycles. The summed E-state index contributed by atoms with van der Waals surface area (Å²) in [5.74, 6) is -1.12. The summed E-state index contributed by atoms with van der Waals surface area (Å²) in [6.07, 6.45) is -3.77. The Morgan fingerprint density at radius 3 is 2.33 bits per heavy atom. The van der Waals surface area contributed by atoms with Gasteiger partial charge >= 0.3 is 12.2 Å². The Morgan fingerprint density at radius 2 is 1.62 bits per heavy atom. The number of carbonyl (C=O) groups is 3. The van der Waals surface area contributed by atoms with Gasteiger partial charge in [0.15, 0.2) is 0 Å². The first-order chi connectivity index (χ1) is 19.1. The highest BCUT2D eigenvalue weighted by molar-refractivity contribution is 5.96. The van der Waals surface area contributed by atoms with Crippen molar-refractivity contribution < 1.29 is 27.6 Å². The second-order valence-corrected chi connectivity index (χ2v) is 10.2. The normalized spacial score (nSPS) is 18.4. The van der Waals surface area contributed by atoms with Crippen molar-refractivity contribution in [2.45, 2.75) is 25.6 Å². The molecule has 0 saturated carbocycles. The predicted molar refractivity (Wildman–Crippen MR) is 145 cm³/mol. The number of amides is 4. The largest absolute Gasteiger partial charge is 0.416 e. The van der Waals surface area contributed by atoms with Gasteiger partial charge < -0.3 is 20.9 Å². The fraction of sp³-hybridized carbons (Fsp3) is 0.464. The Bertz CT molecular complexity index is 1180. The van der Waals surface area contributed by atoms with Crippen LogP contribution in [0.5, 0.6) is 0 Å². The van der Waals surface area contributed by atoms with Crippen LogP contribution in [-0.4, -0.2) is 97.5 Å². The maximum absolute atomic E-state index is 12.9. The van der Waals surface area contributed by atoms with Crippen LogP contribution < -0.4 is 16.0 Å². The van der Waals surface area contributed by atoms with Crippen molar-refractivity contribution in [1.82, 2.24) is 25.3 Å². The molecule has 12 heteroatoms. The molecule has 2 saturated heterocycles. The van der Waals surface area contributed by atoms with Gasteiger partial charge in [0, 0.05) is 69.7 Å². The summed E-state index contributed by atoms with van der Waals surface area (Å²) in [6, 6.07) is 11.7. The van der Waals surface area contributed by atoms with Crippen LogP contribution in [-0.2, 0) is 11.0 Å². The molecule has 2 aromatic carbocycles. The average Bonchev–Trinajstić information content (AvgIpc) is 3.38. The number of aryl methyl sites for hydroxylation is 1. The topological polar surface area (TPSA) is 97.0 Å². The highest BCUT2D eigenvalue weighted by Gasteiger charge is 2.31. The molecule has 2 aliphatic rings. The van der Waals surface area contributed by atoms with E-state index in [1.54, 1.807) is 0 Å². The lowest BCUT2D eigenvalue weighted by Gasteiger charge is -2.35. The number of piperazine rings is 1. The van der Waals surface area contributed by atoms with Gasteiger partial charge in [-0.15, -0.1) is 0 Å². The van der Waals surface area contributed by atoms with Gasteiger partial charge in [0.2, 0.25) is 5.91 Å². The number of rotatable bonds is 8. The molecule has 2 aliphatic heterocycles. The van der Waals surface area contributed by atoms with Crippen LogP contribution in [0.1, 0.15) is 27.9 Å². The molecule has 4 amide bonds. The molecule has 1 atom stereocenters. The van der Waals surface area contributed by atoms with E-state index in [2.05, 4.69) is 25.8 Å². The minimum atomic E-state index is -4.55. The van der Waals surface area contributed by atoms with Gasteiger partial charge in [0.25, 0.3) is 5.91 Å². The van der Waals surface area contributed by atoms with E-state index in [0.717, 1.165) is 68.6 Å². The monoisotopic (exact) mass is 560 g/mol. The summed E-state index contributed by atoms with van der Waals surface area (Å²) in [5, 5.41) is 8.22. The number of hydrogen-bond donors (Lipinski definition) is 3. The Kier molecular flexibility index (Phi) is 9.64. The number of anilines is 1. The third kappa shape index (κ3) is 8.43. The molecule has 0 spiro atoms. The van der Waals surface area contributed by atoms with E-state index in [4.69, 9.17) is 0 Å². The molecule has 0 radical (unpaired) electrons. The Labute approximate surface area is 231 Å². The highest BCUT2D eigenvalue weighted by atomic mass is 19.4. The lowest BCUT2D eigenvalue weighted by molar-refractivity contribution is -0.137. The molecule has 0 aliphatic carbocycles. The average molecular weight is 561 g/mol. The summed E-state index contributed by atoms with van der Waals surface area (Å²) in [7, 11) is 0. The van der Waals surface area contributed by atoms with Crippen molar-refractivity contribution in [1.29, 1.82) is 0 Å². The molecule has 0 bridgehead atoms. The third-order valence-corrected chi connectivity index (χ3v) is 7.19. The van der Waals surface area contributed by atoms with Crippen molar-refractivity contribution >= 4 is 23.5 Å². The van der Waals surface area contributed by atoms with E-state index < -0.39 is 17.6 Å². The van der Waals surface area contributed by atoms with Crippen molar-refractivity contribution in [3.05, 3.63) is 65.2 Å². The summed E-state index contributed by atoms with van der Waals surface area (Å²) >= 11 is 0. The van der Waals surface area contributed by atoms with Gasteiger partial charge in [0.1, 0.15) is 0 Å². The first-order valence-corrected chi connectivity index (χ1v) is 13.4. The van der Waals surface area contributed by atoms with Gasteiger partial charge in [-0.3, -0.25) is 19.4 Å². The molecule has 2 fully saturated rings. The minimum absolute atomic E-state index is 0.0553. The lowest BCUT2D eigenvalue weighted by atomic mass is 10.1. The molecule has 4 rings (SSSR count). The fourth-order valence-electron chi connectivity index (χ4n) is 4.83. The van der Waals surface area contributed by atoms with Crippen LogP contribution in [0.15, 0.2) is 48.5 Å². The van der Waals surface area contributed by atoms with E-state index in [-0.39, 0.29) is 30.1 Å². The van der Waals surface area contributed by atoms with Gasteiger partial charge in [-0.2, -0.15) is 13.2 Å². The quantitative estimate of drug-likeness (QED) is 0.462. The summed E-state index contributed by atoms with van der Waals surface area (Å²) in [6.45, 7) is 7.81. The smallest absolute Gasteiger partial charge is 0.350 e. The van der Waals surface area contributed by atoms with Crippen LogP contribution in [0, 0.1) is 6.92 Å². The zero-order chi connectivity index (χ0) is 28.7. The standard InChI is InChI=1S/C28H35F3N6O3/c1-20-5-7-23(8-6-20)34-27(40)37-15-13-35(14-16-37)11-12-36-10-9-24(19-36)33-25(38)18-32-26(39)21-3-2-4-22(17-21)28(29,30)31/h2-8,17,24H,9-16,18-19H2,1H3,(H,32,39)(H,33,38)(H,34,40)/t24-/m1/s1. The van der Waals surface area contributed by atoms with Crippen molar-refractivity contribution in [2.75, 3.05) is 64.2 Å². The van der Waals surface area contributed by atoms with Crippen LogP contribution in [0.3, 0.4) is 0 Å². The van der Waals surface area contributed by atoms with Gasteiger partial charge in [-0.1, -0.05) is 23.8 Å². The van der Waals surface area contributed by atoms with Crippen LogP contribution in [0.4, 0.5) is 23.7 Å². The number of nitrogens with zero attached hydrogens (tertiary/aromatic N) is 3. The zero-order valence-corrected chi connectivity index (χ0v) is 22.5. The molecule has 216 valence electrons. The number of alkyl halides is 3. The summed E-state index contributed by atoms with van der Waals surface area (Å²) in [5.41, 5.74) is 0.856. The Balaban J connectivity index is 1.11. The number of halogens is 3. The van der Waals surface area contributed by atoms with Gasteiger partial charge in [-0.25, -0.2) is 4.79 Å². The molecule has 9 nitrogen and oxygen atoms in total. The van der Waals surface area contributed by atoms with E-state index in [9.17, 15) is 27.6 Å². The first-order valence-electron chi connectivity index (χ1n) is 13.4. The van der Waals surface area contributed by atoms with Crippen molar-refractivity contribution in [3.8, 4) is 0 Å². The van der Waals surface area contributed by atoms with Gasteiger partial charge in [-0.05, 0) is 43.7 Å². The van der Waals surface area contributed by atoms with Crippen LogP contribution >= 0.6 is 0 Å². The SMILES string of the molecule is Cc1ccc(NC(=O)N2CCN(CCN3CC[C@@H](NC(=O)CNC(=O)c4cccc(C(F)(F)F)c4)C3)CC2)cc1. The Morgan fingerprint density at radius 1 is 0.925 bits per heavy atom. The summed E-state index contributed by atoms with van der Waals surface area (Å²) in [4.78, 5) is 43.5. The molecule has 2 heterocycles. The highest BCUT2D eigenvalue weighted by Crippen LogP contribution is 2.29. The molecule has 3 N–H and O–H groups in total. The van der Waals surface area contributed by atoms with Gasteiger partial charge in [0.05, 0.1) is 12.1 Å². The number of likely N-dealkylation sites (tertiary alicyclic amines) is 1. The van der Waals surface area contributed by atoms with Crippen LogP contribution in [0.25, 0.3) is 0 Å². The van der Waals surface area contributed by atoms with E-state index in [1.165, 1.54) is 6.07 Å².